The lowest BCUT2D eigenvalue weighted by Gasteiger charge is -2.13. The number of nitrogens with one attached hydrogen (secondary N) is 3. The Morgan fingerprint density at radius 3 is 2.57 bits per heavy atom. The molecule has 1 heterocycles. The van der Waals surface area contributed by atoms with Crippen molar-refractivity contribution in [2.45, 2.75) is 31.5 Å². The van der Waals surface area contributed by atoms with Crippen molar-refractivity contribution >= 4 is 17.8 Å². The van der Waals surface area contributed by atoms with Crippen LogP contribution >= 0.6 is 0 Å². The van der Waals surface area contributed by atoms with Gasteiger partial charge in [0.1, 0.15) is 6.04 Å². The average Bonchev–Trinajstić information content (AvgIpc) is 2.94. The van der Waals surface area contributed by atoms with Crippen LogP contribution in [-0.4, -0.2) is 51.6 Å². The van der Waals surface area contributed by atoms with Crippen LogP contribution in [0.2, 0.25) is 0 Å². The lowest BCUT2D eigenvalue weighted by atomic mass is 10.1. The lowest BCUT2D eigenvalue weighted by Crippen LogP contribution is -2.42. The summed E-state index contributed by atoms with van der Waals surface area (Å²) in [6.45, 7) is -0.343. The van der Waals surface area contributed by atoms with Gasteiger partial charge in [0.2, 0.25) is 5.91 Å². The highest BCUT2D eigenvalue weighted by Crippen LogP contribution is 2.13. The van der Waals surface area contributed by atoms with Gasteiger partial charge in [-0.2, -0.15) is 13.2 Å². The third-order valence-corrected chi connectivity index (χ3v) is 2.74. The smallest absolute Gasteiger partial charge is 0.471 e. The summed E-state index contributed by atoms with van der Waals surface area (Å²) in [5.41, 5.74) is 0.509. The molecule has 23 heavy (non-hydrogen) atoms. The van der Waals surface area contributed by atoms with E-state index in [-0.39, 0.29) is 25.8 Å². The quantitative estimate of drug-likeness (QED) is 0.497. The monoisotopic (exact) mass is 336 g/mol. The van der Waals surface area contributed by atoms with E-state index in [4.69, 9.17) is 5.11 Å². The normalized spacial score (nSPS) is 12.5. The topological polar surface area (TPSA) is 124 Å². The maximum absolute atomic E-state index is 11.9. The van der Waals surface area contributed by atoms with E-state index in [1.807, 2.05) is 0 Å². The van der Waals surface area contributed by atoms with Crippen LogP contribution in [0.4, 0.5) is 13.2 Å². The fraction of sp³-hybridized carbons (Fsp3) is 0.500. The summed E-state index contributed by atoms with van der Waals surface area (Å²) in [6, 6.07) is -1.19. The van der Waals surface area contributed by atoms with Gasteiger partial charge in [0.15, 0.2) is 0 Å². The maximum atomic E-state index is 11.9. The number of rotatable bonds is 8. The van der Waals surface area contributed by atoms with Crippen molar-refractivity contribution in [3.05, 3.63) is 18.2 Å². The van der Waals surface area contributed by atoms with Crippen LogP contribution in [0.3, 0.4) is 0 Å². The van der Waals surface area contributed by atoms with Gasteiger partial charge in [-0.1, -0.05) is 0 Å². The number of aliphatic carboxylic acids is 1. The largest absolute Gasteiger partial charge is 0.480 e. The number of imidazole rings is 1. The number of aromatic nitrogens is 2. The van der Waals surface area contributed by atoms with E-state index in [2.05, 4.69) is 15.3 Å². The number of H-pyrrole nitrogens is 1. The van der Waals surface area contributed by atoms with Gasteiger partial charge in [0.25, 0.3) is 0 Å². The molecule has 128 valence electrons. The van der Waals surface area contributed by atoms with E-state index in [1.165, 1.54) is 12.5 Å². The highest BCUT2D eigenvalue weighted by Gasteiger charge is 2.38. The molecule has 0 aliphatic carbocycles. The second kappa shape index (κ2) is 8.15. The molecule has 0 aliphatic heterocycles. The number of alkyl halides is 3. The van der Waals surface area contributed by atoms with Crippen LogP contribution < -0.4 is 10.6 Å². The molecule has 1 aromatic heterocycles. The molecule has 4 N–H and O–H groups in total. The van der Waals surface area contributed by atoms with E-state index >= 15 is 0 Å². The summed E-state index contributed by atoms with van der Waals surface area (Å²) < 4.78 is 35.7. The molecule has 1 rings (SSSR count). The SMILES string of the molecule is O=C(CCCNC(=O)C(F)(F)F)N[C@@H](Cc1cnc[nH]1)C(=O)O. The standard InChI is InChI=1S/C12H15F3N4O4/c13-12(14,15)11(23)17-3-1-2-9(20)19-8(10(21)22)4-7-5-16-6-18-7/h5-6,8H,1-4H2,(H,16,18)(H,17,23)(H,19,20)(H,21,22)/t8-/m0/s1. The highest BCUT2D eigenvalue weighted by molar-refractivity contribution is 5.84. The minimum Gasteiger partial charge on any atom is -0.480 e. The first-order valence-corrected chi connectivity index (χ1v) is 6.54. The van der Waals surface area contributed by atoms with Crippen LogP contribution in [0.5, 0.6) is 0 Å². The van der Waals surface area contributed by atoms with Crippen molar-refractivity contribution in [3.8, 4) is 0 Å². The van der Waals surface area contributed by atoms with Crippen LogP contribution in [-0.2, 0) is 20.8 Å². The molecule has 0 aromatic carbocycles. The summed E-state index contributed by atoms with van der Waals surface area (Å²) in [5, 5.41) is 12.9. The predicted molar refractivity (Wildman–Crippen MR) is 70.2 cm³/mol. The van der Waals surface area contributed by atoms with Crippen LogP contribution in [0.25, 0.3) is 0 Å². The molecule has 0 unspecified atom stereocenters. The van der Waals surface area contributed by atoms with Gasteiger partial charge >= 0.3 is 18.1 Å². The Bertz CT molecular complexity index is 545. The second-order valence-electron chi connectivity index (χ2n) is 4.60. The molecule has 0 fully saturated rings. The Hall–Kier alpha value is -2.59. The Labute approximate surface area is 128 Å². The highest BCUT2D eigenvalue weighted by atomic mass is 19.4. The maximum Gasteiger partial charge on any atom is 0.471 e. The average molecular weight is 336 g/mol. The summed E-state index contributed by atoms with van der Waals surface area (Å²) in [7, 11) is 0. The molecule has 1 atom stereocenters. The van der Waals surface area contributed by atoms with E-state index in [0.717, 1.165) is 0 Å². The van der Waals surface area contributed by atoms with Gasteiger partial charge in [-0.25, -0.2) is 9.78 Å². The van der Waals surface area contributed by atoms with Gasteiger partial charge in [-0.15, -0.1) is 0 Å². The Morgan fingerprint density at radius 2 is 2.04 bits per heavy atom. The number of carboxylic acid groups (broad SMARTS) is 1. The first-order chi connectivity index (χ1) is 10.7. The fourth-order valence-corrected chi connectivity index (χ4v) is 1.63. The molecule has 0 aliphatic rings. The van der Waals surface area contributed by atoms with Crippen molar-refractivity contribution in [2.75, 3.05) is 6.54 Å². The molecule has 0 spiro atoms. The molecule has 0 saturated heterocycles. The number of carbonyl (C=O) groups excluding carboxylic acids is 2. The number of carboxylic acids is 1. The van der Waals surface area contributed by atoms with Gasteiger partial charge in [0, 0.05) is 31.3 Å². The van der Waals surface area contributed by atoms with Crippen LogP contribution in [0, 0.1) is 0 Å². The minimum atomic E-state index is -4.97. The van der Waals surface area contributed by atoms with Gasteiger partial charge in [0.05, 0.1) is 6.33 Å². The van der Waals surface area contributed by atoms with Crippen molar-refractivity contribution in [1.82, 2.24) is 20.6 Å². The van der Waals surface area contributed by atoms with Crippen LogP contribution in [0.1, 0.15) is 18.5 Å². The van der Waals surface area contributed by atoms with E-state index < -0.39 is 30.0 Å². The number of nitrogens with zero attached hydrogens (tertiary/aromatic N) is 1. The number of halogens is 3. The molecule has 1 aromatic rings. The Balaban J connectivity index is 2.33. The number of amides is 2. The Kier molecular flexibility index (Phi) is 6.54. The molecule has 0 saturated carbocycles. The zero-order chi connectivity index (χ0) is 17.5. The Morgan fingerprint density at radius 1 is 1.35 bits per heavy atom. The van der Waals surface area contributed by atoms with Crippen molar-refractivity contribution in [2.24, 2.45) is 0 Å². The first-order valence-electron chi connectivity index (χ1n) is 6.54. The van der Waals surface area contributed by atoms with Gasteiger partial charge < -0.3 is 20.7 Å². The molecule has 2 amide bonds. The predicted octanol–water partition coefficient (Wildman–Crippen LogP) is -0.0197. The fourth-order valence-electron chi connectivity index (χ4n) is 1.63. The summed E-state index contributed by atoms with van der Waals surface area (Å²) >= 11 is 0. The lowest BCUT2D eigenvalue weighted by molar-refractivity contribution is -0.173. The summed E-state index contributed by atoms with van der Waals surface area (Å²) in [4.78, 5) is 39.6. The third-order valence-electron chi connectivity index (χ3n) is 2.74. The molecule has 8 nitrogen and oxygen atoms in total. The number of hydrogen-bond acceptors (Lipinski definition) is 4. The van der Waals surface area contributed by atoms with Crippen molar-refractivity contribution in [3.63, 3.8) is 0 Å². The third kappa shape index (κ3) is 6.80. The van der Waals surface area contributed by atoms with Gasteiger partial charge in [-0.3, -0.25) is 9.59 Å². The van der Waals surface area contributed by atoms with Gasteiger partial charge in [-0.05, 0) is 6.42 Å². The summed E-state index contributed by atoms with van der Waals surface area (Å²) in [6.07, 6.45) is -2.48. The first kappa shape index (κ1) is 18.5. The number of hydrogen-bond donors (Lipinski definition) is 4. The molecular weight excluding hydrogens is 321 g/mol. The summed E-state index contributed by atoms with van der Waals surface area (Å²) in [5.74, 6) is -3.97. The number of carbonyl (C=O) groups is 3. The zero-order valence-corrected chi connectivity index (χ0v) is 11.8. The second-order valence-corrected chi connectivity index (χ2v) is 4.60. The van der Waals surface area contributed by atoms with E-state index in [0.29, 0.717) is 5.69 Å². The minimum absolute atomic E-state index is 0.00805. The van der Waals surface area contributed by atoms with Crippen LogP contribution in [0.15, 0.2) is 12.5 Å². The van der Waals surface area contributed by atoms with E-state index in [1.54, 1.807) is 5.32 Å². The number of aromatic amines is 1. The molecule has 0 bridgehead atoms. The molecule has 11 heteroatoms. The zero-order valence-electron chi connectivity index (χ0n) is 11.8. The van der Waals surface area contributed by atoms with Crippen molar-refractivity contribution in [1.29, 1.82) is 0 Å². The van der Waals surface area contributed by atoms with E-state index in [9.17, 15) is 27.6 Å². The van der Waals surface area contributed by atoms with Crippen molar-refractivity contribution < 1.29 is 32.7 Å². The molecule has 0 radical (unpaired) electrons. The molecular formula is C12H15F3N4O4.